The fraction of sp³-hybridized carbons (Fsp3) is 0. The van der Waals surface area contributed by atoms with Crippen molar-refractivity contribution in [3.63, 3.8) is 0 Å². The van der Waals surface area contributed by atoms with Crippen molar-refractivity contribution in [2.75, 3.05) is 0 Å². The molecule has 10 rings (SSSR count). The van der Waals surface area contributed by atoms with Crippen molar-refractivity contribution in [3.8, 4) is 61.3 Å². The van der Waals surface area contributed by atoms with Gasteiger partial charge in [-0.1, -0.05) is 176 Å². The number of aromatic nitrogens is 1. The van der Waals surface area contributed by atoms with Crippen molar-refractivity contribution >= 4 is 32.8 Å². The molecule has 0 bridgehead atoms. The second-order valence-corrected chi connectivity index (χ2v) is 13.3. The standard InChI is InChI=1S/C50H33NO/c1-4-12-34(13-5-1)36-22-24-38(25-23-36)41-30-31-47-45(32-41)46(40-28-26-37(27-29-40)35-14-6-2-7-15-35)33-51(47)48-21-11-20-44-43-19-10-18-42(49(43)52-50(44)48)39-16-8-3-9-17-39/h1-33H. The molecule has 0 saturated heterocycles. The van der Waals surface area contributed by atoms with Crippen LogP contribution in [0.3, 0.4) is 0 Å². The number of para-hydroxylation sites is 2. The van der Waals surface area contributed by atoms with Gasteiger partial charge >= 0.3 is 0 Å². The molecule has 0 N–H and O–H groups in total. The maximum atomic E-state index is 6.87. The van der Waals surface area contributed by atoms with E-state index in [0.29, 0.717) is 0 Å². The van der Waals surface area contributed by atoms with E-state index in [2.05, 4.69) is 205 Å². The van der Waals surface area contributed by atoms with Gasteiger partial charge in [-0.05, 0) is 62.7 Å². The summed E-state index contributed by atoms with van der Waals surface area (Å²) < 4.78 is 9.18. The Bertz CT molecular complexity index is 2850. The smallest absolute Gasteiger partial charge is 0.159 e. The van der Waals surface area contributed by atoms with Gasteiger partial charge in [0.15, 0.2) is 5.58 Å². The van der Waals surface area contributed by atoms with E-state index in [1.54, 1.807) is 0 Å². The van der Waals surface area contributed by atoms with Crippen molar-refractivity contribution in [1.82, 2.24) is 4.57 Å². The van der Waals surface area contributed by atoms with Crippen LogP contribution in [-0.2, 0) is 0 Å². The van der Waals surface area contributed by atoms with E-state index in [-0.39, 0.29) is 0 Å². The molecule has 10 aromatic rings. The Balaban J connectivity index is 1.15. The number of benzene rings is 8. The second kappa shape index (κ2) is 12.5. The van der Waals surface area contributed by atoms with Crippen molar-refractivity contribution in [1.29, 1.82) is 0 Å². The van der Waals surface area contributed by atoms with E-state index in [1.807, 2.05) is 0 Å². The van der Waals surface area contributed by atoms with Crippen LogP contribution in [0, 0.1) is 0 Å². The average Bonchev–Trinajstić information content (AvgIpc) is 3.81. The molecule has 2 heteroatoms. The third-order valence-corrected chi connectivity index (χ3v) is 10.3. The number of furan rings is 1. The number of fused-ring (bicyclic) bond motifs is 4. The highest BCUT2D eigenvalue weighted by atomic mass is 16.3. The Morgan fingerprint density at radius 3 is 1.38 bits per heavy atom. The van der Waals surface area contributed by atoms with Crippen LogP contribution in [0.15, 0.2) is 205 Å². The zero-order valence-corrected chi connectivity index (χ0v) is 28.4. The fourth-order valence-corrected chi connectivity index (χ4v) is 7.64. The predicted molar refractivity (Wildman–Crippen MR) is 218 cm³/mol. The van der Waals surface area contributed by atoms with Crippen LogP contribution in [0.5, 0.6) is 0 Å². The zero-order chi connectivity index (χ0) is 34.4. The van der Waals surface area contributed by atoms with Gasteiger partial charge in [-0.2, -0.15) is 0 Å². The van der Waals surface area contributed by atoms with E-state index in [9.17, 15) is 0 Å². The lowest BCUT2D eigenvalue weighted by atomic mass is 9.97. The highest BCUT2D eigenvalue weighted by molar-refractivity contribution is 6.12. The lowest BCUT2D eigenvalue weighted by Gasteiger charge is -2.08. The molecule has 2 heterocycles. The summed E-state index contributed by atoms with van der Waals surface area (Å²) in [5.74, 6) is 0. The molecule has 2 aromatic heterocycles. The summed E-state index contributed by atoms with van der Waals surface area (Å²) in [4.78, 5) is 0. The van der Waals surface area contributed by atoms with Crippen LogP contribution < -0.4 is 0 Å². The van der Waals surface area contributed by atoms with Crippen molar-refractivity contribution in [3.05, 3.63) is 200 Å². The molecular formula is C50H33NO. The van der Waals surface area contributed by atoms with Gasteiger partial charge in [-0.3, -0.25) is 0 Å². The molecule has 8 aromatic carbocycles. The summed E-state index contributed by atoms with van der Waals surface area (Å²) in [6.07, 6.45) is 2.28. The van der Waals surface area contributed by atoms with Crippen LogP contribution in [0.4, 0.5) is 0 Å². The molecule has 0 saturated carbocycles. The van der Waals surface area contributed by atoms with Gasteiger partial charge in [-0.15, -0.1) is 0 Å². The van der Waals surface area contributed by atoms with Crippen molar-refractivity contribution in [2.45, 2.75) is 0 Å². The first-order chi connectivity index (χ1) is 25.8. The van der Waals surface area contributed by atoms with Crippen LogP contribution >= 0.6 is 0 Å². The van der Waals surface area contributed by atoms with Gasteiger partial charge in [0.25, 0.3) is 0 Å². The second-order valence-electron chi connectivity index (χ2n) is 13.3. The minimum absolute atomic E-state index is 0.879. The molecule has 0 radical (unpaired) electrons. The first kappa shape index (κ1) is 30.0. The summed E-state index contributed by atoms with van der Waals surface area (Å²) in [5.41, 5.74) is 15.7. The lowest BCUT2D eigenvalue weighted by Crippen LogP contribution is -1.92. The van der Waals surface area contributed by atoms with Gasteiger partial charge in [0.2, 0.25) is 0 Å². The molecule has 0 aliphatic heterocycles. The van der Waals surface area contributed by atoms with Gasteiger partial charge in [0.05, 0.1) is 11.2 Å². The molecule has 52 heavy (non-hydrogen) atoms. The van der Waals surface area contributed by atoms with Crippen LogP contribution in [0.1, 0.15) is 0 Å². The molecular weight excluding hydrogens is 631 g/mol. The molecule has 0 unspecified atom stereocenters. The number of hydrogen-bond acceptors (Lipinski definition) is 1. The van der Waals surface area contributed by atoms with Crippen LogP contribution in [0.25, 0.3) is 94.2 Å². The van der Waals surface area contributed by atoms with Crippen LogP contribution in [0.2, 0.25) is 0 Å². The van der Waals surface area contributed by atoms with Crippen molar-refractivity contribution in [2.24, 2.45) is 0 Å². The highest BCUT2D eigenvalue weighted by Crippen LogP contribution is 2.41. The summed E-state index contributed by atoms with van der Waals surface area (Å²) in [5, 5.41) is 3.42. The summed E-state index contributed by atoms with van der Waals surface area (Å²) in [7, 11) is 0. The molecule has 244 valence electrons. The Hall–Kier alpha value is -6.90. The first-order valence-electron chi connectivity index (χ1n) is 17.8. The minimum Gasteiger partial charge on any atom is -0.453 e. The van der Waals surface area contributed by atoms with E-state index >= 15 is 0 Å². The van der Waals surface area contributed by atoms with Gasteiger partial charge in [0.1, 0.15) is 5.58 Å². The van der Waals surface area contributed by atoms with Crippen LogP contribution in [-0.4, -0.2) is 4.57 Å². The first-order valence-corrected chi connectivity index (χ1v) is 17.8. The monoisotopic (exact) mass is 663 g/mol. The Morgan fingerprint density at radius 2 is 0.769 bits per heavy atom. The van der Waals surface area contributed by atoms with Crippen molar-refractivity contribution < 1.29 is 4.42 Å². The number of nitrogens with zero attached hydrogens (tertiary/aromatic N) is 1. The Labute approximate surface area is 302 Å². The summed E-state index contributed by atoms with van der Waals surface area (Å²) in [6.45, 7) is 0. The van der Waals surface area contributed by atoms with Gasteiger partial charge in [-0.25, -0.2) is 0 Å². The number of hydrogen-bond donors (Lipinski definition) is 0. The summed E-state index contributed by atoms with van der Waals surface area (Å²) in [6, 6.07) is 69.2. The number of rotatable bonds is 6. The Kier molecular flexibility index (Phi) is 7.18. The quantitative estimate of drug-likeness (QED) is 0.173. The van der Waals surface area contributed by atoms with Gasteiger partial charge < -0.3 is 8.98 Å². The maximum Gasteiger partial charge on any atom is 0.159 e. The normalized spacial score (nSPS) is 11.5. The maximum absolute atomic E-state index is 6.87. The van der Waals surface area contributed by atoms with E-state index in [1.165, 1.54) is 49.9 Å². The topological polar surface area (TPSA) is 18.1 Å². The Morgan fingerprint density at radius 1 is 0.308 bits per heavy atom. The molecule has 2 nitrogen and oxygen atoms in total. The highest BCUT2D eigenvalue weighted by Gasteiger charge is 2.19. The lowest BCUT2D eigenvalue weighted by molar-refractivity contribution is 0.667. The fourth-order valence-electron chi connectivity index (χ4n) is 7.64. The third-order valence-electron chi connectivity index (χ3n) is 10.3. The molecule has 0 amide bonds. The molecule has 0 aliphatic carbocycles. The summed E-state index contributed by atoms with van der Waals surface area (Å²) >= 11 is 0. The van der Waals surface area contributed by atoms with E-state index < -0.39 is 0 Å². The third kappa shape index (κ3) is 5.12. The molecule has 0 spiro atoms. The average molecular weight is 664 g/mol. The molecule has 0 aliphatic rings. The molecule has 0 atom stereocenters. The SMILES string of the molecule is c1ccc(-c2ccc(-c3ccc4c(c3)c(-c3ccc(-c5ccccc5)cc3)cn4-c3cccc4c3oc3c(-c5ccccc5)cccc34)cc2)cc1. The predicted octanol–water partition coefficient (Wildman–Crippen LogP) is 13.9. The molecule has 0 fully saturated rings. The zero-order valence-electron chi connectivity index (χ0n) is 28.4. The minimum atomic E-state index is 0.879. The van der Waals surface area contributed by atoms with E-state index in [0.717, 1.165) is 44.3 Å². The van der Waals surface area contributed by atoms with E-state index in [4.69, 9.17) is 4.42 Å². The van der Waals surface area contributed by atoms with Gasteiger partial charge in [0, 0.05) is 33.5 Å². The largest absolute Gasteiger partial charge is 0.453 e.